The van der Waals surface area contributed by atoms with Crippen molar-refractivity contribution in [3.8, 4) is 11.5 Å². The van der Waals surface area contributed by atoms with Gasteiger partial charge in [-0.2, -0.15) is 0 Å². The largest absolute Gasteiger partial charge is 0.508 e. The van der Waals surface area contributed by atoms with Gasteiger partial charge in [0.2, 0.25) is 0 Å². The molecule has 0 bridgehead atoms. The molecule has 0 radical (unpaired) electrons. The van der Waals surface area contributed by atoms with Gasteiger partial charge in [0.25, 0.3) is 0 Å². The van der Waals surface area contributed by atoms with Crippen molar-refractivity contribution in [1.29, 1.82) is 0 Å². The van der Waals surface area contributed by atoms with Crippen LogP contribution in [-0.2, 0) is 16.0 Å². The molecule has 5 heteroatoms. The van der Waals surface area contributed by atoms with Crippen LogP contribution in [0, 0.1) is 0 Å². The van der Waals surface area contributed by atoms with Gasteiger partial charge in [-0.15, -0.1) is 0 Å². The molecular formula is C10H12O5. The number of aromatic hydroxyl groups is 2. The number of phenolic OH excluding ortho intramolecular Hbond substituents is 2. The highest BCUT2D eigenvalue weighted by molar-refractivity contribution is 5.73. The Hall–Kier alpha value is -1.75. The molecule has 15 heavy (non-hydrogen) atoms. The lowest BCUT2D eigenvalue weighted by Gasteiger charge is -2.11. The van der Waals surface area contributed by atoms with Gasteiger partial charge in [-0.3, -0.25) is 0 Å². The smallest absolute Gasteiger partial charge is 0.333 e. The molecule has 0 heterocycles. The van der Waals surface area contributed by atoms with Gasteiger partial charge in [-0.25, -0.2) is 4.79 Å². The van der Waals surface area contributed by atoms with Gasteiger partial charge < -0.3 is 20.1 Å². The van der Waals surface area contributed by atoms with Crippen LogP contribution in [-0.4, -0.2) is 34.5 Å². The first-order chi connectivity index (χ1) is 7.04. The molecule has 0 saturated carbocycles. The highest BCUT2D eigenvalue weighted by Gasteiger charge is 2.18. The molecule has 0 aliphatic heterocycles. The molecule has 0 aliphatic carbocycles. The summed E-state index contributed by atoms with van der Waals surface area (Å²) in [7, 11) is 1.28. The third-order valence-corrected chi connectivity index (χ3v) is 2.03. The number of ether oxygens (including phenoxy) is 1. The van der Waals surface area contributed by atoms with Crippen LogP contribution < -0.4 is 0 Å². The van der Waals surface area contributed by atoms with Gasteiger partial charge in [0.05, 0.1) is 0 Å². The normalized spacial score (nSPS) is 12.3. The van der Waals surface area contributed by atoms with Crippen LogP contribution in [0.4, 0.5) is 0 Å². The lowest BCUT2D eigenvalue weighted by Crippen LogP contribution is -2.24. The number of benzene rings is 1. The lowest BCUT2D eigenvalue weighted by molar-refractivity contribution is -0.148. The zero-order valence-corrected chi connectivity index (χ0v) is 8.17. The predicted octanol–water partition coefficient (Wildman–Crippen LogP) is 0.740. The number of carbonyl (C=O) groups is 1. The van der Waals surface area contributed by atoms with E-state index in [1.165, 1.54) is 25.3 Å². The van der Waals surface area contributed by atoms with Gasteiger partial charge in [0, 0.05) is 19.1 Å². The minimum absolute atomic E-state index is 0.00602. The van der Waals surface area contributed by atoms with Crippen LogP contribution in [0.15, 0.2) is 18.2 Å². The van der Waals surface area contributed by atoms with Gasteiger partial charge >= 0.3 is 5.97 Å². The summed E-state index contributed by atoms with van der Waals surface area (Å²) in [6, 6.07) is 3.94. The average Bonchev–Trinajstić information content (AvgIpc) is 2.18. The first kappa shape index (κ1) is 11.3. The molecule has 0 fully saturated rings. The maximum Gasteiger partial charge on any atom is 0.333 e. The number of aliphatic carboxylic acids is 1. The van der Waals surface area contributed by atoms with Crippen molar-refractivity contribution in [2.24, 2.45) is 0 Å². The van der Waals surface area contributed by atoms with E-state index < -0.39 is 12.1 Å². The summed E-state index contributed by atoms with van der Waals surface area (Å²) in [5, 5.41) is 27.3. The predicted molar refractivity (Wildman–Crippen MR) is 51.9 cm³/mol. The van der Waals surface area contributed by atoms with Crippen molar-refractivity contribution < 1.29 is 24.9 Å². The van der Waals surface area contributed by atoms with E-state index in [1.807, 2.05) is 0 Å². The summed E-state index contributed by atoms with van der Waals surface area (Å²) in [4.78, 5) is 10.7. The van der Waals surface area contributed by atoms with Crippen molar-refractivity contribution in [3.63, 3.8) is 0 Å². The second kappa shape index (κ2) is 4.65. The first-order valence-corrected chi connectivity index (χ1v) is 4.31. The molecule has 0 aliphatic rings. The zero-order chi connectivity index (χ0) is 11.4. The molecule has 82 valence electrons. The van der Waals surface area contributed by atoms with Crippen molar-refractivity contribution in [1.82, 2.24) is 0 Å². The number of methoxy groups -OCH3 is 1. The molecule has 3 N–H and O–H groups in total. The minimum atomic E-state index is -1.11. The molecule has 0 aromatic heterocycles. The highest BCUT2D eigenvalue weighted by Crippen LogP contribution is 2.23. The summed E-state index contributed by atoms with van der Waals surface area (Å²) in [5.74, 6) is -1.20. The standard InChI is InChI=1S/C10H12O5/c1-15-9(10(13)14)5-6-4-7(11)2-3-8(6)12/h2-4,9,11-12H,5H2,1H3,(H,13,14). The van der Waals surface area contributed by atoms with Crippen LogP contribution >= 0.6 is 0 Å². The first-order valence-electron chi connectivity index (χ1n) is 4.31. The average molecular weight is 212 g/mol. The Balaban J connectivity index is 2.87. The topological polar surface area (TPSA) is 87.0 Å². The third-order valence-electron chi connectivity index (χ3n) is 2.03. The van der Waals surface area contributed by atoms with E-state index in [0.717, 1.165) is 0 Å². The van der Waals surface area contributed by atoms with E-state index in [0.29, 0.717) is 5.56 Å². The van der Waals surface area contributed by atoms with Gasteiger partial charge in [0.1, 0.15) is 11.5 Å². The monoisotopic (exact) mass is 212 g/mol. The Kier molecular flexibility index (Phi) is 3.51. The Morgan fingerprint density at radius 1 is 1.47 bits per heavy atom. The van der Waals surface area contributed by atoms with Gasteiger partial charge in [-0.05, 0) is 18.2 Å². The lowest BCUT2D eigenvalue weighted by atomic mass is 10.1. The molecule has 1 aromatic carbocycles. The van der Waals surface area contributed by atoms with E-state index in [9.17, 15) is 9.90 Å². The molecule has 0 saturated heterocycles. The number of hydrogen-bond acceptors (Lipinski definition) is 4. The summed E-state index contributed by atoms with van der Waals surface area (Å²) in [6.07, 6.45) is -1.02. The van der Waals surface area contributed by atoms with Crippen molar-refractivity contribution in [2.75, 3.05) is 7.11 Å². The number of hydrogen-bond donors (Lipinski definition) is 3. The molecule has 0 spiro atoms. The zero-order valence-electron chi connectivity index (χ0n) is 8.17. The number of phenols is 2. The number of carboxylic acids is 1. The second-order valence-corrected chi connectivity index (χ2v) is 3.08. The second-order valence-electron chi connectivity index (χ2n) is 3.08. The van der Waals surface area contributed by atoms with Crippen molar-refractivity contribution in [2.45, 2.75) is 12.5 Å². The number of carboxylic acid groups (broad SMARTS) is 1. The maximum absolute atomic E-state index is 10.7. The van der Waals surface area contributed by atoms with E-state index in [-0.39, 0.29) is 17.9 Å². The molecule has 0 amide bonds. The van der Waals surface area contributed by atoms with Crippen LogP contribution in [0.1, 0.15) is 5.56 Å². The Labute approximate surface area is 86.5 Å². The fourth-order valence-electron chi connectivity index (χ4n) is 1.21. The van der Waals surface area contributed by atoms with Gasteiger partial charge in [-0.1, -0.05) is 0 Å². The fraction of sp³-hybridized carbons (Fsp3) is 0.300. The van der Waals surface area contributed by atoms with E-state index in [2.05, 4.69) is 0 Å². The van der Waals surface area contributed by atoms with E-state index in [1.54, 1.807) is 0 Å². The summed E-state index contributed by atoms with van der Waals surface area (Å²) in [5.41, 5.74) is 0.337. The van der Waals surface area contributed by atoms with E-state index >= 15 is 0 Å². The van der Waals surface area contributed by atoms with Crippen LogP contribution in [0.2, 0.25) is 0 Å². The minimum Gasteiger partial charge on any atom is -0.508 e. The van der Waals surface area contributed by atoms with Crippen LogP contribution in [0.25, 0.3) is 0 Å². The van der Waals surface area contributed by atoms with Crippen LogP contribution in [0.3, 0.4) is 0 Å². The number of rotatable bonds is 4. The summed E-state index contributed by atoms with van der Waals surface area (Å²) in [6.45, 7) is 0. The molecule has 1 aromatic rings. The maximum atomic E-state index is 10.7. The molecule has 1 unspecified atom stereocenters. The Bertz CT molecular complexity index is 361. The van der Waals surface area contributed by atoms with Crippen molar-refractivity contribution >= 4 is 5.97 Å². The summed E-state index contributed by atoms with van der Waals surface area (Å²) >= 11 is 0. The fourth-order valence-corrected chi connectivity index (χ4v) is 1.21. The molecule has 5 nitrogen and oxygen atoms in total. The molecule has 1 atom stereocenters. The highest BCUT2D eigenvalue weighted by atomic mass is 16.5. The van der Waals surface area contributed by atoms with E-state index in [4.69, 9.17) is 14.9 Å². The quantitative estimate of drug-likeness (QED) is 0.641. The summed E-state index contributed by atoms with van der Waals surface area (Å²) < 4.78 is 4.72. The third kappa shape index (κ3) is 2.85. The molecule has 1 rings (SSSR count). The van der Waals surface area contributed by atoms with Crippen molar-refractivity contribution in [3.05, 3.63) is 23.8 Å². The Morgan fingerprint density at radius 2 is 2.13 bits per heavy atom. The van der Waals surface area contributed by atoms with Gasteiger partial charge in [0.15, 0.2) is 6.10 Å². The van der Waals surface area contributed by atoms with Crippen LogP contribution in [0.5, 0.6) is 11.5 Å². The molecular weight excluding hydrogens is 200 g/mol. The Morgan fingerprint density at radius 3 is 2.67 bits per heavy atom. The SMILES string of the molecule is COC(Cc1cc(O)ccc1O)C(=O)O.